The lowest BCUT2D eigenvalue weighted by molar-refractivity contribution is 0.263. The highest BCUT2D eigenvalue weighted by atomic mass is 35.5. The summed E-state index contributed by atoms with van der Waals surface area (Å²) in [6.07, 6.45) is 0.843. The van der Waals surface area contributed by atoms with Crippen molar-refractivity contribution in [3.05, 3.63) is 41.6 Å². The molecular formula is C13H13ClN2O2. The van der Waals surface area contributed by atoms with Crippen LogP contribution in [0.3, 0.4) is 0 Å². The second-order valence-electron chi connectivity index (χ2n) is 4.32. The Kier molecular flexibility index (Phi) is 2.96. The predicted molar refractivity (Wildman–Crippen MR) is 67.0 cm³/mol. The summed E-state index contributed by atoms with van der Waals surface area (Å²) in [5.41, 5.74) is 1.10. The van der Waals surface area contributed by atoms with Crippen molar-refractivity contribution in [1.82, 2.24) is 10.2 Å². The number of para-hydroxylation sites is 1. The number of rotatable bonds is 2. The molecule has 1 aromatic carbocycles. The predicted octanol–water partition coefficient (Wildman–Crippen LogP) is 3.28. The number of nitrogens with zero attached hydrogens (tertiary/aromatic N) is 2. The van der Waals surface area contributed by atoms with E-state index in [9.17, 15) is 0 Å². The maximum atomic E-state index is 5.93. The summed E-state index contributed by atoms with van der Waals surface area (Å²) >= 11 is 5.93. The van der Waals surface area contributed by atoms with Gasteiger partial charge in [0.05, 0.1) is 12.5 Å². The van der Waals surface area contributed by atoms with E-state index in [1.54, 1.807) is 0 Å². The minimum Gasteiger partial charge on any atom is -0.493 e. The third-order valence-corrected chi connectivity index (χ3v) is 3.24. The zero-order valence-corrected chi connectivity index (χ0v) is 10.7. The number of benzene rings is 1. The highest BCUT2D eigenvalue weighted by Gasteiger charge is 2.27. The number of ether oxygens (including phenoxy) is 1. The SMILES string of the molecule is CC(Cl)c1nnc(C2CCOc3ccccc32)o1. The van der Waals surface area contributed by atoms with Crippen molar-refractivity contribution in [2.75, 3.05) is 6.61 Å². The van der Waals surface area contributed by atoms with Gasteiger partial charge in [0, 0.05) is 5.56 Å². The average molecular weight is 265 g/mol. The molecule has 2 unspecified atom stereocenters. The first-order valence-corrected chi connectivity index (χ1v) is 6.38. The Hall–Kier alpha value is -1.55. The summed E-state index contributed by atoms with van der Waals surface area (Å²) in [6, 6.07) is 7.94. The van der Waals surface area contributed by atoms with Crippen molar-refractivity contribution < 1.29 is 9.15 Å². The van der Waals surface area contributed by atoms with Crippen LogP contribution in [-0.4, -0.2) is 16.8 Å². The number of halogens is 1. The molecule has 0 N–H and O–H groups in total. The Morgan fingerprint density at radius 2 is 2.17 bits per heavy atom. The van der Waals surface area contributed by atoms with Gasteiger partial charge in [-0.1, -0.05) is 18.2 Å². The van der Waals surface area contributed by atoms with Gasteiger partial charge in [-0.05, 0) is 19.4 Å². The van der Waals surface area contributed by atoms with Gasteiger partial charge in [-0.3, -0.25) is 0 Å². The molecule has 0 saturated heterocycles. The van der Waals surface area contributed by atoms with Crippen molar-refractivity contribution in [3.8, 4) is 5.75 Å². The lowest BCUT2D eigenvalue weighted by Gasteiger charge is -2.23. The quantitative estimate of drug-likeness (QED) is 0.781. The van der Waals surface area contributed by atoms with E-state index >= 15 is 0 Å². The molecule has 0 amide bonds. The van der Waals surface area contributed by atoms with E-state index in [2.05, 4.69) is 10.2 Å². The summed E-state index contributed by atoms with van der Waals surface area (Å²) in [7, 11) is 0. The molecule has 4 nitrogen and oxygen atoms in total. The van der Waals surface area contributed by atoms with E-state index < -0.39 is 0 Å². The van der Waals surface area contributed by atoms with Gasteiger partial charge in [-0.25, -0.2) is 0 Å². The molecule has 2 aromatic rings. The molecule has 1 aromatic heterocycles. The van der Waals surface area contributed by atoms with Crippen LogP contribution >= 0.6 is 11.6 Å². The van der Waals surface area contributed by atoms with Crippen LogP contribution in [0.5, 0.6) is 5.75 Å². The van der Waals surface area contributed by atoms with Crippen molar-refractivity contribution in [2.45, 2.75) is 24.6 Å². The van der Waals surface area contributed by atoms with Crippen molar-refractivity contribution in [1.29, 1.82) is 0 Å². The molecular weight excluding hydrogens is 252 g/mol. The molecule has 94 valence electrons. The Labute approximate surface area is 110 Å². The highest BCUT2D eigenvalue weighted by Crippen LogP contribution is 2.37. The minimum absolute atomic E-state index is 0.103. The van der Waals surface area contributed by atoms with Crippen LogP contribution in [0, 0.1) is 0 Å². The Morgan fingerprint density at radius 3 is 2.94 bits per heavy atom. The van der Waals surface area contributed by atoms with E-state index in [1.165, 1.54) is 0 Å². The van der Waals surface area contributed by atoms with Crippen molar-refractivity contribution in [2.24, 2.45) is 0 Å². The summed E-state index contributed by atoms with van der Waals surface area (Å²) in [6.45, 7) is 2.48. The largest absolute Gasteiger partial charge is 0.493 e. The van der Waals surface area contributed by atoms with Crippen LogP contribution < -0.4 is 4.74 Å². The molecule has 2 atom stereocenters. The van der Waals surface area contributed by atoms with Crippen LogP contribution in [0.4, 0.5) is 0 Å². The Morgan fingerprint density at radius 1 is 1.33 bits per heavy atom. The van der Waals surface area contributed by atoms with Crippen LogP contribution in [0.2, 0.25) is 0 Å². The number of aromatic nitrogens is 2. The van der Waals surface area contributed by atoms with E-state index in [0.717, 1.165) is 17.7 Å². The lowest BCUT2D eigenvalue weighted by Crippen LogP contribution is -2.15. The standard InChI is InChI=1S/C13H13ClN2O2/c1-8(14)12-15-16-13(18-12)10-6-7-17-11-5-3-2-4-9(10)11/h2-5,8,10H,6-7H2,1H3. The van der Waals surface area contributed by atoms with Gasteiger partial charge < -0.3 is 9.15 Å². The van der Waals surface area contributed by atoms with Gasteiger partial charge >= 0.3 is 0 Å². The second-order valence-corrected chi connectivity index (χ2v) is 4.98. The monoisotopic (exact) mass is 264 g/mol. The van der Waals surface area contributed by atoms with Gasteiger partial charge in [-0.2, -0.15) is 0 Å². The Bertz CT molecular complexity index is 553. The van der Waals surface area contributed by atoms with Crippen LogP contribution in [0.15, 0.2) is 28.7 Å². The summed E-state index contributed by atoms with van der Waals surface area (Å²) in [5.74, 6) is 2.09. The van der Waals surface area contributed by atoms with Gasteiger partial charge in [0.1, 0.15) is 11.1 Å². The second kappa shape index (κ2) is 4.61. The van der Waals surface area contributed by atoms with Gasteiger partial charge in [0.2, 0.25) is 11.8 Å². The first kappa shape index (κ1) is 11.5. The zero-order chi connectivity index (χ0) is 12.5. The molecule has 2 heterocycles. The molecule has 0 aliphatic carbocycles. The maximum Gasteiger partial charge on any atom is 0.234 e. The normalized spacial score (nSPS) is 20.0. The minimum atomic E-state index is -0.263. The molecule has 1 aliphatic heterocycles. The fourth-order valence-corrected chi connectivity index (χ4v) is 2.23. The summed E-state index contributed by atoms with van der Waals surface area (Å²) in [4.78, 5) is 0. The lowest BCUT2D eigenvalue weighted by atomic mass is 9.93. The topological polar surface area (TPSA) is 48.2 Å². The smallest absolute Gasteiger partial charge is 0.234 e. The molecule has 0 radical (unpaired) electrons. The number of fused-ring (bicyclic) bond motifs is 1. The van der Waals surface area contributed by atoms with Gasteiger partial charge in [-0.15, -0.1) is 21.8 Å². The van der Waals surface area contributed by atoms with Gasteiger partial charge in [0.15, 0.2) is 0 Å². The summed E-state index contributed by atoms with van der Waals surface area (Å²) < 4.78 is 11.2. The van der Waals surface area contributed by atoms with E-state index in [4.69, 9.17) is 20.8 Å². The molecule has 0 bridgehead atoms. The molecule has 1 aliphatic rings. The van der Waals surface area contributed by atoms with E-state index in [0.29, 0.717) is 18.4 Å². The van der Waals surface area contributed by atoms with Crippen molar-refractivity contribution in [3.63, 3.8) is 0 Å². The molecule has 3 rings (SSSR count). The average Bonchev–Trinajstić information content (AvgIpc) is 2.87. The first-order chi connectivity index (χ1) is 8.75. The number of alkyl halides is 1. The third-order valence-electron chi connectivity index (χ3n) is 3.05. The number of hydrogen-bond donors (Lipinski definition) is 0. The fraction of sp³-hybridized carbons (Fsp3) is 0.385. The molecule has 0 saturated carbocycles. The number of hydrogen-bond acceptors (Lipinski definition) is 4. The van der Waals surface area contributed by atoms with E-state index in [-0.39, 0.29) is 11.3 Å². The van der Waals surface area contributed by atoms with E-state index in [1.807, 2.05) is 31.2 Å². The zero-order valence-electron chi connectivity index (χ0n) is 9.97. The maximum absolute atomic E-state index is 5.93. The highest BCUT2D eigenvalue weighted by molar-refractivity contribution is 6.20. The van der Waals surface area contributed by atoms with Crippen LogP contribution in [-0.2, 0) is 0 Å². The third kappa shape index (κ3) is 1.97. The molecule has 0 spiro atoms. The van der Waals surface area contributed by atoms with Crippen LogP contribution in [0.25, 0.3) is 0 Å². The van der Waals surface area contributed by atoms with Crippen molar-refractivity contribution >= 4 is 11.6 Å². The molecule has 5 heteroatoms. The van der Waals surface area contributed by atoms with Gasteiger partial charge in [0.25, 0.3) is 0 Å². The fourth-order valence-electron chi connectivity index (χ4n) is 2.15. The van der Waals surface area contributed by atoms with Crippen LogP contribution in [0.1, 0.15) is 42.0 Å². The molecule has 0 fully saturated rings. The first-order valence-electron chi connectivity index (χ1n) is 5.95. The summed E-state index contributed by atoms with van der Waals surface area (Å²) in [5, 5.41) is 7.82. The Balaban J connectivity index is 1.97. The molecule has 18 heavy (non-hydrogen) atoms.